The molecule has 0 bridgehead atoms. The molecule has 1 heterocycles. The molecular formula is C27H36ClN5O6S. The van der Waals surface area contributed by atoms with Crippen LogP contribution in [0.15, 0.2) is 37.6 Å². The minimum atomic E-state index is -3.80. The Balaban J connectivity index is 1.45. The van der Waals surface area contributed by atoms with E-state index in [0.29, 0.717) is 19.4 Å². The molecule has 0 spiro atoms. The third-order valence-corrected chi connectivity index (χ3v) is 9.72. The van der Waals surface area contributed by atoms with Gasteiger partial charge in [0.05, 0.1) is 17.1 Å². The van der Waals surface area contributed by atoms with Crippen molar-refractivity contribution in [2.45, 2.75) is 74.7 Å². The summed E-state index contributed by atoms with van der Waals surface area (Å²) in [4.78, 5) is 47.8. The molecule has 3 N–H and O–H groups in total. The number of hydrogen-bond donors (Lipinski definition) is 3. The zero-order valence-corrected chi connectivity index (χ0v) is 23.9. The largest absolute Gasteiger partial charge is 0.474 e. The highest BCUT2D eigenvalue weighted by atomic mass is 35.5. The van der Waals surface area contributed by atoms with Gasteiger partial charge < -0.3 is 15.4 Å². The van der Waals surface area contributed by atoms with Crippen molar-refractivity contribution >= 4 is 39.3 Å². The zero-order chi connectivity index (χ0) is 28.9. The first kappa shape index (κ1) is 30.0. The van der Waals surface area contributed by atoms with Crippen molar-refractivity contribution in [3.05, 3.63) is 42.9 Å². The smallest absolute Gasteiger partial charge is 0.259 e. The predicted molar refractivity (Wildman–Crippen MR) is 149 cm³/mol. The maximum atomic E-state index is 13.6. The Kier molecular flexibility index (Phi) is 9.50. The van der Waals surface area contributed by atoms with E-state index in [1.54, 1.807) is 0 Å². The standard InChI is InChI=1S/C27H36ClN5O6S/c1-3-5-6-7-8-12-29-23(34)20-14-18(39-22-11-13-30-26(28)31-22)15-21(20)24(35)32-27(16-17(27)4-2)25(36)33-40(37,38)19-9-10-19/h3-4,11,13,17-21H,1-2,5-10,12,14-16H2,(H,29,34)(H,32,35)(H,33,36). The van der Waals surface area contributed by atoms with Gasteiger partial charge in [-0.15, -0.1) is 13.2 Å². The lowest BCUT2D eigenvalue weighted by molar-refractivity contribution is -0.136. The molecule has 5 unspecified atom stereocenters. The van der Waals surface area contributed by atoms with Gasteiger partial charge in [-0.2, -0.15) is 4.98 Å². The number of carbonyl (C=O) groups excluding carboxylic acids is 3. The van der Waals surface area contributed by atoms with Gasteiger partial charge in [-0.25, -0.2) is 13.4 Å². The Morgan fingerprint density at radius 3 is 2.48 bits per heavy atom. The van der Waals surface area contributed by atoms with Crippen LogP contribution in [0.4, 0.5) is 0 Å². The third kappa shape index (κ3) is 7.20. The first-order valence-corrected chi connectivity index (χ1v) is 15.6. The number of ether oxygens (including phenoxy) is 1. The van der Waals surface area contributed by atoms with E-state index in [4.69, 9.17) is 16.3 Å². The average Bonchev–Trinajstić information content (AvgIpc) is 3.83. The molecule has 3 fully saturated rings. The van der Waals surface area contributed by atoms with Crippen LogP contribution in [0, 0.1) is 17.8 Å². The molecule has 3 saturated carbocycles. The number of unbranched alkanes of at least 4 members (excludes halogenated alkanes) is 3. The van der Waals surface area contributed by atoms with E-state index in [-0.39, 0.29) is 36.3 Å². The fraction of sp³-hybridized carbons (Fsp3) is 0.593. The molecule has 1 aromatic heterocycles. The second-order valence-corrected chi connectivity index (χ2v) is 13.0. The highest BCUT2D eigenvalue weighted by Crippen LogP contribution is 2.46. The van der Waals surface area contributed by atoms with E-state index < -0.39 is 56.5 Å². The van der Waals surface area contributed by atoms with Crippen molar-refractivity contribution in [2.24, 2.45) is 17.8 Å². The van der Waals surface area contributed by atoms with E-state index in [2.05, 4.69) is 38.5 Å². The van der Waals surface area contributed by atoms with E-state index in [1.807, 2.05) is 6.08 Å². The summed E-state index contributed by atoms with van der Waals surface area (Å²) >= 11 is 5.87. The lowest BCUT2D eigenvalue weighted by Gasteiger charge is -2.23. The number of nitrogens with zero attached hydrogens (tertiary/aromatic N) is 2. The quantitative estimate of drug-likeness (QED) is 0.159. The summed E-state index contributed by atoms with van der Waals surface area (Å²) < 4.78 is 32.9. The van der Waals surface area contributed by atoms with Crippen LogP contribution in [0.25, 0.3) is 0 Å². The van der Waals surface area contributed by atoms with Gasteiger partial charge in [0.2, 0.25) is 33.0 Å². The molecule has 0 aromatic carbocycles. The maximum absolute atomic E-state index is 13.6. The fourth-order valence-corrected chi connectivity index (χ4v) is 6.69. The summed E-state index contributed by atoms with van der Waals surface area (Å²) in [5.41, 5.74) is -1.42. The minimum absolute atomic E-state index is 0.00819. The number of nitrogens with one attached hydrogen (secondary N) is 3. The van der Waals surface area contributed by atoms with Crippen LogP contribution in [0.2, 0.25) is 5.28 Å². The first-order chi connectivity index (χ1) is 19.1. The molecular weight excluding hydrogens is 558 g/mol. The lowest BCUT2D eigenvalue weighted by Crippen LogP contribution is -2.54. The number of allylic oxidation sites excluding steroid dienone is 1. The monoisotopic (exact) mass is 593 g/mol. The Morgan fingerprint density at radius 2 is 1.85 bits per heavy atom. The summed E-state index contributed by atoms with van der Waals surface area (Å²) in [5.74, 6) is -3.29. The van der Waals surface area contributed by atoms with Crippen molar-refractivity contribution in [1.82, 2.24) is 25.3 Å². The van der Waals surface area contributed by atoms with E-state index in [9.17, 15) is 22.8 Å². The van der Waals surface area contributed by atoms with Crippen LogP contribution < -0.4 is 20.1 Å². The zero-order valence-electron chi connectivity index (χ0n) is 22.3. The number of rotatable bonds is 15. The number of halogens is 1. The van der Waals surface area contributed by atoms with Gasteiger partial charge >= 0.3 is 0 Å². The highest BCUT2D eigenvalue weighted by Gasteiger charge is 2.62. The van der Waals surface area contributed by atoms with Crippen molar-refractivity contribution in [2.75, 3.05) is 6.54 Å². The van der Waals surface area contributed by atoms with Crippen LogP contribution in [-0.2, 0) is 24.4 Å². The Morgan fingerprint density at radius 1 is 1.12 bits per heavy atom. The third-order valence-electron chi connectivity index (χ3n) is 7.71. The van der Waals surface area contributed by atoms with Crippen molar-refractivity contribution in [1.29, 1.82) is 0 Å². The summed E-state index contributed by atoms with van der Waals surface area (Å²) in [6.45, 7) is 7.90. The lowest BCUT2D eigenvalue weighted by atomic mass is 9.93. The molecule has 0 radical (unpaired) electrons. The Bertz CT molecular complexity index is 1260. The van der Waals surface area contributed by atoms with Crippen molar-refractivity contribution < 1.29 is 27.5 Å². The van der Waals surface area contributed by atoms with Crippen molar-refractivity contribution in [3.63, 3.8) is 0 Å². The van der Waals surface area contributed by atoms with Crippen LogP contribution in [-0.4, -0.2) is 59.5 Å². The Hall–Kier alpha value is -2.99. The molecule has 40 heavy (non-hydrogen) atoms. The van der Waals surface area contributed by atoms with Gasteiger partial charge in [-0.05, 0) is 63.0 Å². The molecule has 5 atom stereocenters. The van der Waals surface area contributed by atoms with E-state index in [1.165, 1.54) is 18.3 Å². The van der Waals surface area contributed by atoms with Gasteiger partial charge in [0, 0.05) is 24.7 Å². The van der Waals surface area contributed by atoms with E-state index in [0.717, 1.165) is 25.7 Å². The van der Waals surface area contributed by atoms with Gasteiger partial charge in [-0.1, -0.05) is 18.6 Å². The number of sulfonamides is 1. The second-order valence-electron chi connectivity index (χ2n) is 10.7. The van der Waals surface area contributed by atoms with E-state index >= 15 is 0 Å². The Labute approximate surface area is 239 Å². The van der Waals surface area contributed by atoms with Gasteiger partial charge in [-0.3, -0.25) is 19.1 Å². The number of aromatic nitrogens is 2. The summed E-state index contributed by atoms with van der Waals surface area (Å²) in [7, 11) is -3.80. The normalized spacial score (nSPS) is 27.3. The molecule has 13 heteroatoms. The average molecular weight is 594 g/mol. The fourth-order valence-electron chi connectivity index (χ4n) is 5.18. The highest BCUT2D eigenvalue weighted by molar-refractivity contribution is 7.91. The van der Waals surface area contributed by atoms with Gasteiger partial charge in [0.15, 0.2) is 0 Å². The molecule has 1 aromatic rings. The van der Waals surface area contributed by atoms with Crippen LogP contribution >= 0.6 is 11.6 Å². The van der Waals surface area contributed by atoms with Crippen molar-refractivity contribution in [3.8, 4) is 5.88 Å². The molecule has 4 rings (SSSR count). The molecule has 3 aliphatic carbocycles. The predicted octanol–water partition coefficient (Wildman–Crippen LogP) is 2.44. The van der Waals surface area contributed by atoms with Crippen LogP contribution in [0.3, 0.4) is 0 Å². The van der Waals surface area contributed by atoms with Gasteiger partial charge in [0.1, 0.15) is 11.6 Å². The summed E-state index contributed by atoms with van der Waals surface area (Å²) in [6.07, 6.45) is 9.61. The molecule has 3 amide bonds. The molecule has 0 aliphatic heterocycles. The maximum Gasteiger partial charge on any atom is 0.259 e. The molecule has 11 nitrogen and oxygen atoms in total. The number of amides is 3. The topological polar surface area (TPSA) is 156 Å². The second kappa shape index (κ2) is 12.7. The first-order valence-electron chi connectivity index (χ1n) is 13.6. The molecule has 0 saturated heterocycles. The number of hydrogen-bond acceptors (Lipinski definition) is 8. The minimum Gasteiger partial charge on any atom is -0.474 e. The van der Waals surface area contributed by atoms with Crippen LogP contribution in [0.1, 0.15) is 57.8 Å². The summed E-state index contributed by atoms with van der Waals surface area (Å²) in [6, 6.07) is 1.54. The molecule has 218 valence electrons. The van der Waals surface area contributed by atoms with Gasteiger partial charge in [0.25, 0.3) is 5.91 Å². The summed E-state index contributed by atoms with van der Waals surface area (Å²) in [5, 5.41) is 5.14. The molecule has 3 aliphatic rings. The number of carbonyl (C=O) groups is 3. The van der Waals surface area contributed by atoms with Crippen LogP contribution in [0.5, 0.6) is 5.88 Å². The SMILES string of the molecule is C=CCCCCCNC(=O)C1CC(Oc2ccnc(Cl)n2)CC1C(=O)NC1(C(=O)NS(=O)(=O)C2CC2)CC1C=C.